The number of furan rings is 1. The molecule has 0 fully saturated rings. The second-order valence-electron chi connectivity index (χ2n) is 2.87. The Hall–Kier alpha value is -1.98. The molecule has 2 rings (SSSR count). The van der Waals surface area contributed by atoms with Crippen molar-refractivity contribution in [2.24, 2.45) is 0 Å². The van der Waals surface area contributed by atoms with Crippen LogP contribution in [0.4, 0.5) is 5.95 Å². The van der Waals surface area contributed by atoms with Crippen LogP contribution < -0.4 is 11.6 Å². The Bertz CT molecular complexity index is 444. The number of nitrogens with two attached hydrogens (primary N) is 2. The summed E-state index contributed by atoms with van der Waals surface area (Å²) >= 11 is 0. The van der Waals surface area contributed by atoms with Crippen LogP contribution in [0.2, 0.25) is 0 Å². The Morgan fingerprint density at radius 1 is 1.43 bits per heavy atom. The van der Waals surface area contributed by atoms with E-state index in [1.54, 1.807) is 6.07 Å². The van der Waals surface area contributed by atoms with E-state index in [1.165, 1.54) is 4.68 Å². The monoisotopic (exact) mass is 193 g/mol. The quantitative estimate of drug-likeness (QED) is 0.673. The molecular weight excluding hydrogens is 182 g/mol. The molecule has 4 N–H and O–H groups in total. The van der Waals surface area contributed by atoms with Crippen molar-refractivity contribution in [2.45, 2.75) is 13.3 Å². The lowest BCUT2D eigenvalue weighted by Gasteiger charge is -1.96. The van der Waals surface area contributed by atoms with Crippen molar-refractivity contribution in [1.29, 1.82) is 0 Å². The molecule has 6 heteroatoms. The molecule has 2 aromatic heterocycles. The van der Waals surface area contributed by atoms with Gasteiger partial charge >= 0.3 is 0 Å². The van der Waals surface area contributed by atoms with Gasteiger partial charge in [0.1, 0.15) is 5.76 Å². The number of hydrogen-bond donors (Lipinski definition) is 2. The lowest BCUT2D eigenvalue weighted by molar-refractivity contribution is 0.524. The fourth-order valence-electron chi connectivity index (χ4n) is 1.16. The third kappa shape index (κ3) is 1.20. The highest BCUT2D eigenvalue weighted by molar-refractivity contribution is 5.50. The lowest BCUT2D eigenvalue weighted by atomic mass is 10.3. The molecule has 0 bridgehead atoms. The van der Waals surface area contributed by atoms with E-state index in [4.69, 9.17) is 16.0 Å². The summed E-state index contributed by atoms with van der Waals surface area (Å²) in [7, 11) is 0. The SMILES string of the molecule is CCc1ccc(-c2nnc(N)n2N)o1. The highest BCUT2D eigenvalue weighted by atomic mass is 16.3. The molecule has 14 heavy (non-hydrogen) atoms. The lowest BCUT2D eigenvalue weighted by Crippen LogP contribution is -2.13. The molecule has 0 spiro atoms. The minimum absolute atomic E-state index is 0.162. The van der Waals surface area contributed by atoms with Crippen LogP contribution in [-0.4, -0.2) is 14.9 Å². The molecule has 2 heterocycles. The van der Waals surface area contributed by atoms with Crippen molar-refractivity contribution in [2.75, 3.05) is 11.6 Å². The Morgan fingerprint density at radius 2 is 2.21 bits per heavy atom. The Morgan fingerprint density at radius 3 is 2.71 bits per heavy atom. The van der Waals surface area contributed by atoms with Crippen molar-refractivity contribution >= 4 is 5.95 Å². The topological polar surface area (TPSA) is 95.9 Å². The molecule has 0 saturated heterocycles. The van der Waals surface area contributed by atoms with Gasteiger partial charge in [-0.2, -0.15) is 0 Å². The Balaban J connectivity index is 2.44. The van der Waals surface area contributed by atoms with Crippen LogP contribution in [0.5, 0.6) is 0 Å². The molecule has 0 aromatic carbocycles. The van der Waals surface area contributed by atoms with Crippen molar-refractivity contribution in [3.63, 3.8) is 0 Å². The molecular formula is C8H11N5O. The average molecular weight is 193 g/mol. The summed E-state index contributed by atoms with van der Waals surface area (Å²) in [4.78, 5) is 0. The van der Waals surface area contributed by atoms with Crippen molar-refractivity contribution in [1.82, 2.24) is 14.9 Å². The zero-order valence-electron chi connectivity index (χ0n) is 7.77. The smallest absolute Gasteiger partial charge is 0.241 e. The first-order valence-electron chi connectivity index (χ1n) is 4.27. The van der Waals surface area contributed by atoms with Gasteiger partial charge in [-0.1, -0.05) is 6.92 Å². The molecule has 0 amide bonds. The first-order chi connectivity index (χ1) is 6.72. The second kappa shape index (κ2) is 3.06. The standard InChI is InChI=1S/C8H11N5O/c1-2-5-3-4-6(14-5)7-11-12-8(9)13(7)10/h3-4H,2,10H2,1H3,(H2,9,12). The predicted molar refractivity (Wildman–Crippen MR) is 51.7 cm³/mol. The maximum atomic E-state index is 5.59. The number of nitrogens with zero attached hydrogens (tertiary/aromatic N) is 3. The van der Waals surface area contributed by atoms with Crippen LogP contribution in [0.3, 0.4) is 0 Å². The summed E-state index contributed by atoms with van der Waals surface area (Å²) in [5, 5.41) is 7.44. The molecule has 0 atom stereocenters. The van der Waals surface area contributed by atoms with Crippen LogP contribution in [0, 0.1) is 0 Å². The summed E-state index contributed by atoms with van der Waals surface area (Å²) in [6.45, 7) is 2.00. The van der Waals surface area contributed by atoms with E-state index in [1.807, 2.05) is 13.0 Å². The number of aryl methyl sites for hydroxylation is 1. The van der Waals surface area contributed by atoms with Gasteiger partial charge in [0.15, 0.2) is 5.76 Å². The average Bonchev–Trinajstić information content (AvgIpc) is 2.75. The minimum atomic E-state index is 0.162. The van der Waals surface area contributed by atoms with E-state index in [-0.39, 0.29) is 5.95 Å². The number of rotatable bonds is 2. The van der Waals surface area contributed by atoms with Crippen LogP contribution in [0.1, 0.15) is 12.7 Å². The maximum absolute atomic E-state index is 5.59. The highest BCUT2D eigenvalue weighted by Gasteiger charge is 2.12. The minimum Gasteiger partial charge on any atom is -0.458 e. The Labute approximate surface area is 80.5 Å². The van der Waals surface area contributed by atoms with Gasteiger partial charge in [0.05, 0.1) is 0 Å². The maximum Gasteiger partial charge on any atom is 0.241 e. The molecule has 0 saturated carbocycles. The molecule has 0 aliphatic carbocycles. The predicted octanol–water partition coefficient (Wildman–Crippen LogP) is 0.396. The molecule has 0 radical (unpaired) electrons. The van der Waals surface area contributed by atoms with Crippen LogP contribution in [0.15, 0.2) is 16.5 Å². The van der Waals surface area contributed by atoms with Crippen molar-refractivity contribution in [3.05, 3.63) is 17.9 Å². The molecule has 0 unspecified atom stereocenters. The third-order valence-corrected chi connectivity index (χ3v) is 1.95. The summed E-state index contributed by atoms with van der Waals surface area (Å²) in [6, 6.07) is 3.67. The normalized spacial score (nSPS) is 10.6. The highest BCUT2D eigenvalue weighted by Crippen LogP contribution is 2.20. The second-order valence-corrected chi connectivity index (χ2v) is 2.87. The van der Waals surface area contributed by atoms with Gasteiger partial charge in [-0.3, -0.25) is 0 Å². The van der Waals surface area contributed by atoms with E-state index in [9.17, 15) is 0 Å². The van der Waals surface area contributed by atoms with Crippen molar-refractivity contribution < 1.29 is 4.42 Å². The molecule has 74 valence electrons. The Kier molecular flexibility index (Phi) is 1.88. The summed E-state index contributed by atoms with van der Waals surface area (Å²) in [5.41, 5.74) is 5.44. The van der Waals surface area contributed by atoms with E-state index >= 15 is 0 Å². The fraction of sp³-hybridized carbons (Fsp3) is 0.250. The van der Waals surface area contributed by atoms with Crippen molar-refractivity contribution in [3.8, 4) is 11.6 Å². The van der Waals surface area contributed by atoms with E-state index in [0.717, 1.165) is 12.2 Å². The van der Waals surface area contributed by atoms with Gasteiger partial charge in [0.2, 0.25) is 11.8 Å². The number of anilines is 1. The summed E-state index contributed by atoms with van der Waals surface area (Å²) < 4.78 is 6.65. The summed E-state index contributed by atoms with van der Waals surface area (Å²) in [6.07, 6.45) is 0.828. The van der Waals surface area contributed by atoms with Crippen LogP contribution in [-0.2, 0) is 6.42 Å². The van der Waals surface area contributed by atoms with Gasteiger partial charge in [0.25, 0.3) is 0 Å². The zero-order chi connectivity index (χ0) is 10.1. The first-order valence-corrected chi connectivity index (χ1v) is 4.27. The van der Waals surface area contributed by atoms with Gasteiger partial charge in [0, 0.05) is 6.42 Å². The largest absolute Gasteiger partial charge is 0.458 e. The van der Waals surface area contributed by atoms with E-state index in [0.29, 0.717) is 11.6 Å². The number of hydrogen-bond acceptors (Lipinski definition) is 5. The van der Waals surface area contributed by atoms with E-state index < -0.39 is 0 Å². The van der Waals surface area contributed by atoms with Gasteiger partial charge < -0.3 is 16.0 Å². The number of nitrogen functional groups attached to an aromatic ring is 2. The van der Waals surface area contributed by atoms with Gasteiger partial charge in [-0.25, -0.2) is 4.68 Å². The molecule has 6 nitrogen and oxygen atoms in total. The molecule has 0 aliphatic rings. The fourth-order valence-corrected chi connectivity index (χ4v) is 1.16. The van der Waals surface area contributed by atoms with Crippen LogP contribution >= 0.6 is 0 Å². The van der Waals surface area contributed by atoms with Crippen LogP contribution in [0.25, 0.3) is 11.6 Å². The first kappa shape index (κ1) is 8.61. The molecule has 2 aromatic rings. The third-order valence-electron chi connectivity index (χ3n) is 1.95. The summed E-state index contributed by atoms with van der Waals surface area (Å²) in [5.74, 6) is 7.64. The van der Waals surface area contributed by atoms with E-state index in [2.05, 4.69) is 10.2 Å². The number of aromatic nitrogens is 3. The van der Waals surface area contributed by atoms with Gasteiger partial charge in [-0.15, -0.1) is 10.2 Å². The zero-order valence-corrected chi connectivity index (χ0v) is 7.77. The van der Waals surface area contributed by atoms with Gasteiger partial charge in [-0.05, 0) is 12.1 Å². The molecule has 0 aliphatic heterocycles.